The Hall–Kier alpha value is -1.10. The van der Waals surface area contributed by atoms with Gasteiger partial charge in [-0.1, -0.05) is 26.7 Å². The Morgan fingerprint density at radius 1 is 1.47 bits per heavy atom. The van der Waals surface area contributed by atoms with Crippen LogP contribution in [0.3, 0.4) is 0 Å². The van der Waals surface area contributed by atoms with Gasteiger partial charge in [0.2, 0.25) is 5.91 Å². The Morgan fingerprint density at radius 3 is 2.68 bits per heavy atom. The second kappa shape index (κ2) is 7.48. The van der Waals surface area contributed by atoms with Crippen molar-refractivity contribution in [1.82, 2.24) is 4.90 Å². The van der Waals surface area contributed by atoms with Gasteiger partial charge in [-0.2, -0.15) is 0 Å². The number of aliphatic carboxylic acids is 1. The molecule has 1 aliphatic rings. The molecule has 1 heterocycles. The zero-order chi connectivity index (χ0) is 14.4. The van der Waals surface area contributed by atoms with E-state index in [1.807, 2.05) is 6.92 Å². The van der Waals surface area contributed by atoms with Crippen molar-refractivity contribution in [3.05, 3.63) is 0 Å². The molecule has 3 unspecified atom stereocenters. The van der Waals surface area contributed by atoms with E-state index in [2.05, 4.69) is 6.92 Å². The van der Waals surface area contributed by atoms with Gasteiger partial charge < -0.3 is 14.7 Å². The van der Waals surface area contributed by atoms with Crippen LogP contribution >= 0.6 is 0 Å². The van der Waals surface area contributed by atoms with Gasteiger partial charge >= 0.3 is 5.97 Å². The van der Waals surface area contributed by atoms with Gasteiger partial charge in [0.1, 0.15) is 0 Å². The topological polar surface area (TPSA) is 66.8 Å². The first-order valence-electron chi connectivity index (χ1n) is 7.04. The van der Waals surface area contributed by atoms with Gasteiger partial charge in [-0.3, -0.25) is 9.59 Å². The number of carboxylic acid groups (broad SMARTS) is 1. The lowest BCUT2D eigenvalue weighted by molar-refractivity contribution is -0.141. The van der Waals surface area contributed by atoms with Crippen molar-refractivity contribution in [2.75, 3.05) is 13.7 Å². The molecule has 1 amide bonds. The second-order valence-corrected chi connectivity index (χ2v) is 5.38. The summed E-state index contributed by atoms with van der Waals surface area (Å²) >= 11 is 0. The van der Waals surface area contributed by atoms with Crippen LogP contribution in [0.2, 0.25) is 0 Å². The first-order valence-corrected chi connectivity index (χ1v) is 7.04. The fraction of sp³-hybridized carbons (Fsp3) is 0.857. The predicted molar refractivity (Wildman–Crippen MR) is 71.9 cm³/mol. The fourth-order valence-corrected chi connectivity index (χ4v) is 2.63. The molecule has 5 heteroatoms. The Morgan fingerprint density at radius 2 is 2.16 bits per heavy atom. The van der Waals surface area contributed by atoms with Gasteiger partial charge in [0.15, 0.2) is 0 Å². The lowest BCUT2D eigenvalue weighted by Gasteiger charge is -2.26. The molecule has 0 bridgehead atoms. The summed E-state index contributed by atoms with van der Waals surface area (Å²) in [5.41, 5.74) is 0. The average Bonchev–Trinajstić information content (AvgIpc) is 2.77. The number of ether oxygens (including phenoxy) is 1. The smallest absolute Gasteiger partial charge is 0.305 e. The number of carbonyl (C=O) groups excluding carboxylic acids is 1. The van der Waals surface area contributed by atoms with E-state index >= 15 is 0 Å². The lowest BCUT2D eigenvalue weighted by atomic mass is 10.0. The molecule has 1 saturated heterocycles. The van der Waals surface area contributed by atoms with Crippen LogP contribution in [0.15, 0.2) is 0 Å². The second-order valence-electron chi connectivity index (χ2n) is 5.38. The third-order valence-corrected chi connectivity index (χ3v) is 3.81. The van der Waals surface area contributed by atoms with E-state index < -0.39 is 5.97 Å². The normalized spacial score (nSPS) is 24.5. The summed E-state index contributed by atoms with van der Waals surface area (Å²) in [5, 5.41) is 8.93. The molecule has 1 fully saturated rings. The number of unbranched alkanes of at least 4 members (excludes halogenated alkanes) is 1. The van der Waals surface area contributed by atoms with Gasteiger partial charge in [0, 0.05) is 25.6 Å². The number of amides is 1. The zero-order valence-corrected chi connectivity index (χ0v) is 12.1. The summed E-state index contributed by atoms with van der Waals surface area (Å²) in [4.78, 5) is 25.0. The largest absolute Gasteiger partial charge is 0.481 e. The van der Waals surface area contributed by atoms with E-state index in [9.17, 15) is 9.59 Å². The molecular weight excluding hydrogens is 246 g/mol. The van der Waals surface area contributed by atoms with Crippen LogP contribution in [-0.2, 0) is 14.3 Å². The van der Waals surface area contributed by atoms with Crippen LogP contribution in [0, 0.1) is 5.92 Å². The van der Waals surface area contributed by atoms with Crippen LogP contribution in [-0.4, -0.2) is 47.7 Å². The molecule has 0 radical (unpaired) electrons. The quantitative estimate of drug-likeness (QED) is 0.768. The Bertz CT molecular complexity index is 319. The molecule has 0 aromatic rings. The van der Waals surface area contributed by atoms with Crippen molar-refractivity contribution in [3.8, 4) is 0 Å². The van der Waals surface area contributed by atoms with Crippen molar-refractivity contribution in [1.29, 1.82) is 0 Å². The summed E-state index contributed by atoms with van der Waals surface area (Å²) in [6, 6.07) is -0.223. The highest BCUT2D eigenvalue weighted by atomic mass is 16.5. The number of likely N-dealkylation sites (tertiary alicyclic amines) is 1. The highest BCUT2D eigenvalue weighted by molar-refractivity contribution is 5.80. The van der Waals surface area contributed by atoms with E-state index in [1.165, 1.54) is 0 Å². The van der Waals surface area contributed by atoms with Gasteiger partial charge in [-0.05, 0) is 12.8 Å². The molecule has 0 aromatic heterocycles. The third-order valence-electron chi connectivity index (χ3n) is 3.81. The molecule has 0 aliphatic carbocycles. The minimum absolute atomic E-state index is 0.00605. The van der Waals surface area contributed by atoms with Crippen molar-refractivity contribution in [3.63, 3.8) is 0 Å². The molecule has 1 N–H and O–H groups in total. The van der Waals surface area contributed by atoms with E-state index in [-0.39, 0.29) is 30.4 Å². The summed E-state index contributed by atoms with van der Waals surface area (Å²) in [7, 11) is 1.61. The van der Waals surface area contributed by atoms with E-state index in [1.54, 1.807) is 12.0 Å². The molecule has 19 heavy (non-hydrogen) atoms. The minimum Gasteiger partial charge on any atom is -0.481 e. The lowest BCUT2D eigenvalue weighted by Crippen LogP contribution is -2.40. The maximum Gasteiger partial charge on any atom is 0.305 e. The number of nitrogens with zero attached hydrogens (tertiary/aromatic N) is 1. The number of methoxy groups -OCH3 is 1. The molecule has 1 aliphatic heterocycles. The van der Waals surface area contributed by atoms with Crippen LogP contribution in [0.25, 0.3) is 0 Å². The molecule has 0 spiro atoms. The number of hydrogen-bond donors (Lipinski definition) is 1. The minimum atomic E-state index is -0.860. The number of hydrogen-bond acceptors (Lipinski definition) is 3. The van der Waals surface area contributed by atoms with Crippen molar-refractivity contribution in [2.24, 2.45) is 5.92 Å². The van der Waals surface area contributed by atoms with E-state index in [4.69, 9.17) is 9.84 Å². The van der Waals surface area contributed by atoms with Crippen molar-refractivity contribution in [2.45, 2.75) is 58.1 Å². The fourth-order valence-electron chi connectivity index (χ4n) is 2.63. The first-order chi connectivity index (χ1) is 8.99. The molecule has 5 nitrogen and oxygen atoms in total. The molecule has 110 valence electrons. The molecular formula is C14H25NO4. The van der Waals surface area contributed by atoms with Gasteiger partial charge in [0.25, 0.3) is 0 Å². The van der Waals surface area contributed by atoms with Crippen LogP contribution < -0.4 is 0 Å². The monoisotopic (exact) mass is 271 g/mol. The summed E-state index contributed by atoms with van der Waals surface area (Å²) in [6.07, 6.45) is 3.55. The zero-order valence-electron chi connectivity index (χ0n) is 12.1. The molecule has 3 atom stereocenters. The number of carboxylic acids is 1. The summed E-state index contributed by atoms with van der Waals surface area (Å²) in [5.74, 6) is -0.827. The Balaban J connectivity index is 2.65. The van der Waals surface area contributed by atoms with Crippen LogP contribution in [0.5, 0.6) is 0 Å². The Labute approximate surface area is 114 Å². The van der Waals surface area contributed by atoms with Crippen LogP contribution in [0.1, 0.15) is 46.0 Å². The van der Waals surface area contributed by atoms with E-state index in [0.29, 0.717) is 13.0 Å². The average molecular weight is 271 g/mol. The molecule has 1 rings (SSSR count). The van der Waals surface area contributed by atoms with Crippen molar-refractivity contribution >= 4 is 11.9 Å². The third kappa shape index (κ3) is 4.49. The number of carbonyl (C=O) groups is 2. The van der Waals surface area contributed by atoms with E-state index in [0.717, 1.165) is 19.3 Å². The predicted octanol–water partition coefficient (Wildman–Crippen LogP) is 1.90. The van der Waals surface area contributed by atoms with Gasteiger partial charge in [-0.25, -0.2) is 0 Å². The summed E-state index contributed by atoms with van der Waals surface area (Å²) in [6.45, 7) is 4.54. The standard InChI is InChI=1S/C14H25NO4/c1-4-5-6-10(2)14(18)15-9-12(19-3)7-11(15)8-13(16)17/h10-12H,4-9H2,1-3H3,(H,16,17). The highest BCUT2D eigenvalue weighted by Crippen LogP contribution is 2.25. The first kappa shape index (κ1) is 16.0. The maximum atomic E-state index is 12.4. The van der Waals surface area contributed by atoms with Gasteiger partial charge in [-0.15, -0.1) is 0 Å². The number of rotatable bonds is 7. The van der Waals surface area contributed by atoms with Gasteiger partial charge in [0.05, 0.1) is 12.5 Å². The maximum absolute atomic E-state index is 12.4. The Kier molecular flexibility index (Phi) is 6.28. The molecule has 0 saturated carbocycles. The van der Waals surface area contributed by atoms with Crippen molar-refractivity contribution < 1.29 is 19.4 Å². The SMILES string of the molecule is CCCCC(C)C(=O)N1CC(OC)CC1CC(=O)O. The van der Waals surface area contributed by atoms with Crippen LogP contribution in [0.4, 0.5) is 0 Å². The molecule has 0 aromatic carbocycles. The summed E-state index contributed by atoms with van der Waals surface area (Å²) < 4.78 is 5.28. The highest BCUT2D eigenvalue weighted by Gasteiger charge is 2.37.